The topological polar surface area (TPSA) is 12.0 Å². The standard InChI is InChI=1S/C16H17F2N/c1-10-7-11(2)13(12(3)8-10)9-19-15-6-4-5-14(17)16(15)18/h4-8,19H,9H2,1-3H3. The highest BCUT2D eigenvalue weighted by Gasteiger charge is 2.09. The van der Waals surface area contributed by atoms with Crippen molar-refractivity contribution in [3.05, 3.63) is 64.2 Å². The van der Waals surface area contributed by atoms with Crippen LogP contribution in [0.2, 0.25) is 0 Å². The molecule has 0 saturated heterocycles. The van der Waals surface area contributed by atoms with E-state index >= 15 is 0 Å². The highest BCUT2D eigenvalue weighted by atomic mass is 19.2. The molecule has 0 spiro atoms. The molecule has 19 heavy (non-hydrogen) atoms. The Bertz CT molecular complexity index is 583. The van der Waals surface area contributed by atoms with E-state index in [2.05, 4.69) is 17.4 Å². The lowest BCUT2D eigenvalue weighted by molar-refractivity contribution is 0.511. The SMILES string of the molecule is Cc1cc(C)c(CNc2cccc(F)c2F)c(C)c1. The van der Waals surface area contributed by atoms with Crippen molar-refractivity contribution in [2.75, 3.05) is 5.32 Å². The van der Waals surface area contributed by atoms with Crippen LogP contribution in [0.4, 0.5) is 14.5 Å². The number of benzene rings is 2. The van der Waals surface area contributed by atoms with Gasteiger partial charge in [-0.2, -0.15) is 0 Å². The average molecular weight is 261 g/mol. The first-order chi connectivity index (χ1) is 8.99. The fourth-order valence-electron chi connectivity index (χ4n) is 2.31. The van der Waals surface area contributed by atoms with Crippen LogP contribution in [0.5, 0.6) is 0 Å². The lowest BCUT2D eigenvalue weighted by Crippen LogP contribution is -2.06. The first kappa shape index (κ1) is 13.5. The molecule has 0 aliphatic heterocycles. The van der Waals surface area contributed by atoms with Crippen LogP contribution in [0, 0.1) is 32.4 Å². The fourth-order valence-corrected chi connectivity index (χ4v) is 2.31. The Balaban J connectivity index is 2.22. The Kier molecular flexibility index (Phi) is 3.84. The largest absolute Gasteiger partial charge is 0.378 e. The average Bonchev–Trinajstić information content (AvgIpc) is 2.33. The van der Waals surface area contributed by atoms with Crippen LogP contribution in [0.15, 0.2) is 30.3 Å². The van der Waals surface area contributed by atoms with Crippen molar-refractivity contribution in [1.82, 2.24) is 0 Å². The molecule has 2 rings (SSSR count). The summed E-state index contributed by atoms with van der Waals surface area (Å²) in [5.74, 6) is -1.66. The summed E-state index contributed by atoms with van der Waals surface area (Å²) in [4.78, 5) is 0. The van der Waals surface area contributed by atoms with Crippen molar-refractivity contribution < 1.29 is 8.78 Å². The maximum Gasteiger partial charge on any atom is 0.181 e. The molecule has 1 nitrogen and oxygen atoms in total. The summed E-state index contributed by atoms with van der Waals surface area (Å²) in [6.07, 6.45) is 0. The second-order valence-corrected chi connectivity index (χ2v) is 4.83. The van der Waals surface area contributed by atoms with E-state index in [1.165, 1.54) is 17.7 Å². The molecule has 0 bridgehead atoms. The molecule has 0 saturated carbocycles. The fraction of sp³-hybridized carbons (Fsp3) is 0.250. The second kappa shape index (κ2) is 5.39. The maximum atomic E-state index is 13.5. The van der Waals surface area contributed by atoms with E-state index < -0.39 is 11.6 Å². The van der Waals surface area contributed by atoms with Gasteiger partial charge in [-0.15, -0.1) is 0 Å². The summed E-state index contributed by atoms with van der Waals surface area (Å²) in [7, 11) is 0. The van der Waals surface area contributed by atoms with Crippen LogP contribution in [0.3, 0.4) is 0 Å². The zero-order valence-corrected chi connectivity index (χ0v) is 11.3. The third kappa shape index (κ3) is 2.92. The van der Waals surface area contributed by atoms with E-state index in [4.69, 9.17) is 0 Å². The predicted molar refractivity (Wildman–Crippen MR) is 74.3 cm³/mol. The van der Waals surface area contributed by atoms with Crippen molar-refractivity contribution in [2.24, 2.45) is 0 Å². The van der Waals surface area contributed by atoms with Gasteiger partial charge in [-0.05, 0) is 49.6 Å². The van der Waals surface area contributed by atoms with Gasteiger partial charge in [0.25, 0.3) is 0 Å². The normalized spacial score (nSPS) is 10.6. The minimum absolute atomic E-state index is 0.194. The summed E-state index contributed by atoms with van der Waals surface area (Å²) in [5, 5.41) is 2.96. The van der Waals surface area contributed by atoms with Gasteiger partial charge in [0.15, 0.2) is 11.6 Å². The van der Waals surface area contributed by atoms with E-state index in [0.29, 0.717) is 6.54 Å². The smallest absolute Gasteiger partial charge is 0.181 e. The summed E-state index contributed by atoms with van der Waals surface area (Å²) >= 11 is 0. The first-order valence-corrected chi connectivity index (χ1v) is 6.23. The molecule has 0 atom stereocenters. The molecule has 2 aromatic rings. The molecule has 0 aromatic heterocycles. The number of rotatable bonds is 3. The highest BCUT2D eigenvalue weighted by Crippen LogP contribution is 2.21. The number of nitrogens with one attached hydrogen (secondary N) is 1. The summed E-state index contributed by atoms with van der Waals surface area (Å²) in [6, 6.07) is 8.33. The van der Waals surface area contributed by atoms with Gasteiger partial charge in [0.1, 0.15) is 0 Å². The molecule has 0 unspecified atom stereocenters. The minimum Gasteiger partial charge on any atom is -0.378 e. The molecular formula is C16H17F2N. The number of halogens is 2. The molecule has 3 heteroatoms. The number of hydrogen-bond donors (Lipinski definition) is 1. The summed E-state index contributed by atoms with van der Waals surface area (Å²) in [5.41, 5.74) is 4.83. The Hall–Kier alpha value is -1.90. The predicted octanol–water partition coefficient (Wildman–Crippen LogP) is 4.50. The maximum absolute atomic E-state index is 13.5. The van der Waals surface area contributed by atoms with Crippen LogP contribution in [-0.4, -0.2) is 0 Å². The molecule has 0 aliphatic rings. The van der Waals surface area contributed by atoms with E-state index in [-0.39, 0.29) is 5.69 Å². The molecule has 0 fully saturated rings. The van der Waals surface area contributed by atoms with E-state index in [1.54, 1.807) is 0 Å². The van der Waals surface area contributed by atoms with Gasteiger partial charge in [-0.25, -0.2) is 8.78 Å². The lowest BCUT2D eigenvalue weighted by Gasteiger charge is -2.13. The van der Waals surface area contributed by atoms with Gasteiger partial charge >= 0.3 is 0 Å². The quantitative estimate of drug-likeness (QED) is 0.857. The Morgan fingerprint density at radius 1 is 1.00 bits per heavy atom. The molecule has 0 heterocycles. The summed E-state index contributed by atoms with van der Waals surface area (Å²) < 4.78 is 26.6. The molecule has 0 aliphatic carbocycles. The van der Waals surface area contributed by atoms with E-state index in [0.717, 1.165) is 22.8 Å². The highest BCUT2D eigenvalue weighted by molar-refractivity contribution is 5.47. The second-order valence-electron chi connectivity index (χ2n) is 4.83. The van der Waals surface area contributed by atoms with Crippen molar-refractivity contribution >= 4 is 5.69 Å². The van der Waals surface area contributed by atoms with Crippen LogP contribution in [0.1, 0.15) is 22.3 Å². The van der Waals surface area contributed by atoms with Gasteiger partial charge in [-0.1, -0.05) is 23.8 Å². The third-order valence-corrected chi connectivity index (χ3v) is 3.25. The van der Waals surface area contributed by atoms with Gasteiger partial charge < -0.3 is 5.32 Å². The van der Waals surface area contributed by atoms with Crippen LogP contribution in [0.25, 0.3) is 0 Å². The third-order valence-electron chi connectivity index (χ3n) is 3.25. The van der Waals surface area contributed by atoms with Gasteiger partial charge in [0, 0.05) is 6.54 Å². The van der Waals surface area contributed by atoms with Crippen molar-refractivity contribution in [3.8, 4) is 0 Å². The molecular weight excluding hydrogens is 244 g/mol. The molecule has 0 radical (unpaired) electrons. The van der Waals surface area contributed by atoms with E-state index in [1.807, 2.05) is 20.8 Å². The first-order valence-electron chi connectivity index (χ1n) is 6.23. The number of hydrogen-bond acceptors (Lipinski definition) is 1. The zero-order chi connectivity index (χ0) is 14.0. The van der Waals surface area contributed by atoms with Crippen molar-refractivity contribution in [3.63, 3.8) is 0 Å². The summed E-state index contributed by atoms with van der Waals surface area (Å²) in [6.45, 7) is 6.58. The molecule has 2 aromatic carbocycles. The van der Waals surface area contributed by atoms with Crippen molar-refractivity contribution in [2.45, 2.75) is 27.3 Å². The molecule has 100 valence electrons. The Labute approximate surface area is 112 Å². The van der Waals surface area contributed by atoms with Crippen LogP contribution >= 0.6 is 0 Å². The lowest BCUT2D eigenvalue weighted by atomic mass is 10.00. The monoisotopic (exact) mass is 261 g/mol. The van der Waals surface area contributed by atoms with Crippen LogP contribution in [-0.2, 0) is 6.54 Å². The van der Waals surface area contributed by atoms with Crippen molar-refractivity contribution in [1.29, 1.82) is 0 Å². The zero-order valence-electron chi connectivity index (χ0n) is 11.3. The van der Waals surface area contributed by atoms with E-state index in [9.17, 15) is 8.78 Å². The Morgan fingerprint density at radius 2 is 1.63 bits per heavy atom. The number of aryl methyl sites for hydroxylation is 3. The molecule has 0 amide bonds. The van der Waals surface area contributed by atoms with Gasteiger partial charge in [-0.3, -0.25) is 0 Å². The van der Waals surface area contributed by atoms with Gasteiger partial charge in [0.05, 0.1) is 5.69 Å². The Morgan fingerprint density at radius 3 is 2.26 bits per heavy atom. The van der Waals surface area contributed by atoms with Crippen LogP contribution < -0.4 is 5.32 Å². The number of anilines is 1. The minimum atomic E-state index is -0.831. The van der Waals surface area contributed by atoms with Gasteiger partial charge in [0.2, 0.25) is 0 Å². The molecule has 1 N–H and O–H groups in total.